The second-order valence-corrected chi connectivity index (χ2v) is 9.09. The summed E-state index contributed by atoms with van der Waals surface area (Å²) in [7, 11) is 0. The number of nitrogens with zero attached hydrogens (tertiary/aromatic N) is 8. The van der Waals surface area contributed by atoms with E-state index in [2.05, 4.69) is 35.9 Å². The van der Waals surface area contributed by atoms with Crippen LogP contribution in [0, 0.1) is 11.3 Å². The number of benzene rings is 1. The van der Waals surface area contributed by atoms with Gasteiger partial charge in [-0.15, -0.1) is 0 Å². The molecule has 0 spiro atoms. The summed E-state index contributed by atoms with van der Waals surface area (Å²) in [6.07, 6.45) is 5.87. The molecule has 0 unspecified atom stereocenters. The molecule has 1 aliphatic heterocycles. The lowest BCUT2D eigenvalue weighted by Gasteiger charge is -2.21. The van der Waals surface area contributed by atoms with Gasteiger partial charge in [-0.3, -0.25) is 9.56 Å². The normalized spacial score (nSPS) is 15.8. The van der Waals surface area contributed by atoms with Crippen molar-refractivity contribution < 1.29 is 10.2 Å². The second kappa shape index (κ2) is 10.1. The van der Waals surface area contributed by atoms with Gasteiger partial charge in [0.15, 0.2) is 11.8 Å². The van der Waals surface area contributed by atoms with E-state index in [0.717, 1.165) is 18.7 Å². The lowest BCUT2D eigenvalue weighted by atomic mass is 10.2. The number of H-pyrrole nitrogens is 1. The molecular weight excluding hydrogens is 496 g/mol. The third-order valence-corrected chi connectivity index (χ3v) is 6.52. The Hall–Kier alpha value is -5.44. The third-order valence-electron chi connectivity index (χ3n) is 6.52. The molecule has 0 amide bonds. The van der Waals surface area contributed by atoms with Crippen LogP contribution in [0.5, 0.6) is 11.8 Å². The van der Waals surface area contributed by atoms with Crippen LogP contribution in [-0.2, 0) is 0 Å². The van der Waals surface area contributed by atoms with Crippen LogP contribution in [0.3, 0.4) is 0 Å². The quantitative estimate of drug-likeness (QED) is 0.255. The number of fused-ring (bicyclic) bond motifs is 1. The van der Waals surface area contributed by atoms with Crippen molar-refractivity contribution in [2.24, 2.45) is 0 Å². The maximum absolute atomic E-state index is 10.1. The number of rotatable bonds is 4. The minimum atomic E-state index is -0.150. The highest BCUT2D eigenvalue weighted by molar-refractivity contribution is 5.63. The van der Waals surface area contributed by atoms with Crippen molar-refractivity contribution >= 4 is 29.2 Å². The van der Waals surface area contributed by atoms with Crippen molar-refractivity contribution in [2.45, 2.75) is 6.42 Å². The van der Waals surface area contributed by atoms with Crippen LogP contribution in [0.25, 0.3) is 11.7 Å². The first kappa shape index (κ1) is 23.9. The van der Waals surface area contributed by atoms with Gasteiger partial charge in [0.25, 0.3) is 0 Å². The lowest BCUT2D eigenvalue weighted by molar-refractivity contribution is 0.425. The van der Waals surface area contributed by atoms with Crippen molar-refractivity contribution in [3.8, 4) is 17.8 Å². The summed E-state index contributed by atoms with van der Waals surface area (Å²) in [5, 5.41) is 37.9. The Kier molecular flexibility index (Phi) is 6.22. The average Bonchev–Trinajstić information content (AvgIpc) is 3.40. The van der Waals surface area contributed by atoms with E-state index in [-0.39, 0.29) is 11.8 Å². The largest absolute Gasteiger partial charge is 0.494 e. The molecule has 12 heteroatoms. The highest BCUT2D eigenvalue weighted by Crippen LogP contribution is 2.22. The Labute approximate surface area is 222 Å². The van der Waals surface area contributed by atoms with Gasteiger partial charge in [-0.2, -0.15) is 14.9 Å². The Morgan fingerprint density at radius 1 is 1.08 bits per heavy atom. The van der Waals surface area contributed by atoms with Crippen LogP contribution >= 0.6 is 0 Å². The Morgan fingerprint density at radius 2 is 1.95 bits per heavy atom. The van der Waals surface area contributed by atoms with E-state index in [1.54, 1.807) is 35.1 Å². The number of aromatic hydroxyl groups is 2. The number of para-hydroxylation sites is 1. The fourth-order valence-corrected chi connectivity index (χ4v) is 4.65. The molecule has 194 valence electrons. The maximum Gasteiger partial charge on any atom is 0.434 e. The molecule has 6 rings (SSSR count). The Balaban J connectivity index is 1.46. The predicted octanol–water partition coefficient (Wildman–Crippen LogP) is 1.10. The van der Waals surface area contributed by atoms with E-state index in [4.69, 9.17) is 9.97 Å². The number of nitriles is 1. The molecule has 0 bridgehead atoms. The summed E-state index contributed by atoms with van der Waals surface area (Å²) in [6.45, 7) is 2.74. The van der Waals surface area contributed by atoms with E-state index in [1.807, 2.05) is 30.3 Å². The van der Waals surface area contributed by atoms with Crippen molar-refractivity contribution in [3.05, 3.63) is 82.9 Å². The first-order chi connectivity index (χ1) is 19.1. The number of pyridine rings is 1. The molecule has 0 atom stereocenters. The summed E-state index contributed by atoms with van der Waals surface area (Å²) >= 11 is 0. The molecule has 4 aromatic heterocycles. The number of nitrogens with one attached hydrogen (secondary N) is 2. The van der Waals surface area contributed by atoms with Crippen LogP contribution in [0.2, 0.25) is 0 Å². The lowest BCUT2D eigenvalue weighted by Crippen LogP contribution is -2.39. The van der Waals surface area contributed by atoms with Gasteiger partial charge in [0, 0.05) is 30.1 Å². The zero-order chi connectivity index (χ0) is 26.8. The highest BCUT2D eigenvalue weighted by Gasteiger charge is 2.22. The molecule has 39 heavy (non-hydrogen) atoms. The van der Waals surface area contributed by atoms with Gasteiger partial charge < -0.3 is 20.4 Å². The van der Waals surface area contributed by atoms with E-state index in [1.165, 1.54) is 6.07 Å². The number of aromatic nitrogens is 6. The molecule has 1 fully saturated rings. The van der Waals surface area contributed by atoms with Crippen LogP contribution in [0.1, 0.15) is 17.5 Å². The average molecular weight is 522 g/mol. The zero-order valence-electron chi connectivity index (χ0n) is 20.9. The van der Waals surface area contributed by atoms with Crippen LogP contribution in [-0.4, -0.2) is 65.9 Å². The molecule has 5 heterocycles. The Bertz CT molecular complexity index is 1820. The van der Waals surface area contributed by atoms with Crippen molar-refractivity contribution in [2.75, 3.05) is 36.4 Å². The van der Waals surface area contributed by atoms with E-state index >= 15 is 0 Å². The fourth-order valence-electron chi connectivity index (χ4n) is 4.65. The smallest absolute Gasteiger partial charge is 0.434 e. The summed E-state index contributed by atoms with van der Waals surface area (Å²) in [4.78, 5) is 18.8. The molecule has 5 aromatic rings. The van der Waals surface area contributed by atoms with Gasteiger partial charge >= 0.3 is 11.6 Å². The molecule has 0 radical (unpaired) electrons. The summed E-state index contributed by atoms with van der Waals surface area (Å²) < 4.78 is 3.73. The monoisotopic (exact) mass is 521 g/mol. The summed E-state index contributed by atoms with van der Waals surface area (Å²) in [6, 6.07) is 16.9. The fraction of sp³-hybridized carbons (Fsp3) is 0.185. The molecule has 0 saturated carbocycles. The van der Waals surface area contributed by atoms with Crippen molar-refractivity contribution in [1.82, 2.24) is 34.1 Å². The SMILES string of the molecule is N#Cc1cccnc1N1CCC[N+](=c2nc(Nc3ccccc3)n3ncc(=Cc4cc(O)[nH]c4O)c3n2)CC1. The zero-order valence-corrected chi connectivity index (χ0v) is 20.9. The van der Waals surface area contributed by atoms with Gasteiger partial charge in [-0.25, -0.2) is 4.98 Å². The topological polar surface area (TPSA) is 154 Å². The minimum absolute atomic E-state index is 0.140. The Morgan fingerprint density at radius 3 is 2.74 bits per heavy atom. The van der Waals surface area contributed by atoms with Crippen molar-refractivity contribution in [1.29, 1.82) is 5.26 Å². The number of hydrogen-bond donors (Lipinski definition) is 4. The van der Waals surface area contributed by atoms with Gasteiger partial charge in [-0.1, -0.05) is 18.2 Å². The molecule has 4 N–H and O–H groups in total. The number of aromatic amines is 1. The molecular formula is C27H25N10O2+. The second-order valence-electron chi connectivity index (χ2n) is 9.09. The van der Waals surface area contributed by atoms with E-state index in [9.17, 15) is 15.5 Å². The standard InChI is InChI=1S/C27H24N10O2/c28-16-18-6-4-9-29-23(18)35-10-5-11-36(13-12-35)26-33-24-20(14-19-15-22(38)32-25(19)39)17-30-37(24)27(34-26)31-21-7-2-1-3-8-21/h1-4,6-9,14-15,17H,5,10-13H2,(H3,30,31,32,33,34,38,39)/p+1. The van der Waals surface area contributed by atoms with Gasteiger partial charge in [0.1, 0.15) is 11.9 Å². The molecule has 1 aromatic carbocycles. The van der Waals surface area contributed by atoms with Crippen LogP contribution < -0.4 is 25.6 Å². The first-order valence-corrected chi connectivity index (χ1v) is 12.5. The summed E-state index contributed by atoms with van der Waals surface area (Å²) in [5.41, 5.74) is 2.88. The number of anilines is 3. The minimum Gasteiger partial charge on any atom is -0.494 e. The molecule has 12 nitrogen and oxygen atoms in total. The van der Waals surface area contributed by atoms with Gasteiger partial charge in [0.05, 0.1) is 36.6 Å². The van der Waals surface area contributed by atoms with E-state index < -0.39 is 0 Å². The van der Waals surface area contributed by atoms with Gasteiger partial charge in [0.2, 0.25) is 5.65 Å². The first-order valence-electron chi connectivity index (χ1n) is 12.5. The molecule has 1 aliphatic rings. The number of hydrogen-bond acceptors (Lipinski definition) is 9. The van der Waals surface area contributed by atoms with Gasteiger partial charge in [-0.05, 0) is 46.7 Å². The predicted molar refractivity (Wildman–Crippen MR) is 144 cm³/mol. The molecule has 0 aliphatic carbocycles. The van der Waals surface area contributed by atoms with Crippen LogP contribution in [0.4, 0.5) is 17.5 Å². The van der Waals surface area contributed by atoms with Crippen molar-refractivity contribution in [3.63, 3.8) is 0 Å². The third kappa shape index (κ3) is 4.80. The van der Waals surface area contributed by atoms with Crippen LogP contribution in [0.15, 0.2) is 60.9 Å². The van der Waals surface area contributed by atoms with E-state index in [0.29, 0.717) is 59.0 Å². The molecule has 1 saturated heterocycles. The highest BCUT2D eigenvalue weighted by atomic mass is 16.3. The maximum atomic E-state index is 10.1. The summed E-state index contributed by atoms with van der Waals surface area (Å²) in [5.74, 6) is 0.882.